The summed E-state index contributed by atoms with van der Waals surface area (Å²) < 4.78 is 0. The number of hydrogen-bond donors (Lipinski definition) is 0. The average molecular weight is 116 g/mol. The SMILES string of the molecule is C1=CC=C2CCC=CC=12. The second-order valence-electron chi connectivity index (χ2n) is 2.36. The highest BCUT2D eigenvalue weighted by molar-refractivity contribution is 5.47. The minimum atomic E-state index is 1.20. The van der Waals surface area contributed by atoms with Gasteiger partial charge in [0.05, 0.1) is 0 Å². The summed E-state index contributed by atoms with van der Waals surface area (Å²) in [6.45, 7) is 0. The second-order valence-corrected chi connectivity index (χ2v) is 2.36. The van der Waals surface area contributed by atoms with Crippen molar-refractivity contribution in [3.8, 4) is 0 Å². The van der Waals surface area contributed by atoms with Crippen LogP contribution in [0.3, 0.4) is 0 Å². The van der Waals surface area contributed by atoms with Gasteiger partial charge in [0.25, 0.3) is 0 Å². The quantitative estimate of drug-likeness (QED) is 0.426. The molecule has 0 saturated heterocycles. The molecule has 0 N–H and O–H groups in total. The third-order valence-corrected chi connectivity index (χ3v) is 1.73. The Labute approximate surface area is 54.9 Å². The Kier molecular flexibility index (Phi) is 0.941. The molecule has 2 aliphatic rings. The molecule has 0 heterocycles. The summed E-state index contributed by atoms with van der Waals surface area (Å²) in [4.78, 5) is 0. The molecule has 0 bridgehead atoms. The van der Waals surface area contributed by atoms with E-state index in [1.807, 2.05) is 6.08 Å². The zero-order valence-corrected chi connectivity index (χ0v) is 5.22. The lowest BCUT2D eigenvalue weighted by atomic mass is 9.99. The fourth-order valence-corrected chi connectivity index (χ4v) is 1.23. The Morgan fingerprint density at radius 1 is 1.44 bits per heavy atom. The largest absolute Gasteiger partial charge is 0.113 e. The van der Waals surface area contributed by atoms with E-state index >= 15 is 0 Å². The van der Waals surface area contributed by atoms with E-state index in [1.165, 1.54) is 24.0 Å². The maximum atomic E-state index is 3.17. The van der Waals surface area contributed by atoms with Crippen LogP contribution in [0.2, 0.25) is 0 Å². The first-order chi connectivity index (χ1) is 4.47. The van der Waals surface area contributed by atoms with E-state index in [9.17, 15) is 0 Å². The zero-order valence-electron chi connectivity index (χ0n) is 5.22. The molecular formula is C9H8. The van der Waals surface area contributed by atoms with Crippen molar-refractivity contribution in [3.05, 3.63) is 41.2 Å². The summed E-state index contributed by atoms with van der Waals surface area (Å²) in [6, 6.07) is 0. The molecule has 0 aromatic rings. The smallest absolute Gasteiger partial charge is 0.0193 e. The Bertz CT molecular complexity index is 245. The third-order valence-electron chi connectivity index (χ3n) is 1.73. The second kappa shape index (κ2) is 1.75. The van der Waals surface area contributed by atoms with Gasteiger partial charge in [0.2, 0.25) is 0 Å². The van der Waals surface area contributed by atoms with Gasteiger partial charge in [0.1, 0.15) is 0 Å². The lowest BCUT2D eigenvalue weighted by Crippen LogP contribution is -1.87. The molecule has 0 aromatic heterocycles. The van der Waals surface area contributed by atoms with Crippen molar-refractivity contribution in [1.29, 1.82) is 0 Å². The summed E-state index contributed by atoms with van der Waals surface area (Å²) in [5, 5.41) is 0. The fourth-order valence-electron chi connectivity index (χ4n) is 1.23. The van der Waals surface area contributed by atoms with Crippen molar-refractivity contribution in [2.24, 2.45) is 0 Å². The molecule has 44 valence electrons. The van der Waals surface area contributed by atoms with E-state index in [-0.39, 0.29) is 0 Å². The van der Waals surface area contributed by atoms with E-state index in [4.69, 9.17) is 0 Å². The number of allylic oxidation sites excluding steroid dienone is 5. The molecule has 0 unspecified atom stereocenters. The van der Waals surface area contributed by atoms with Crippen LogP contribution < -0.4 is 0 Å². The molecule has 2 rings (SSSR count). The lowest BCUT2D eigenvalue weighted by molar-refractivity contribution is 0.974. The Morgan fingerprint density at radius 3 is 3.33 bits per heavy atom. The molecule has 9 heavy (non-hydrogen) atoms. The first-order valence-corrected chi connectivity index (χ1v) is 3.29. The van der Waals surface area contributed by atoms with Crippen LogP contribution >= 0.6 is 0 Å². The molecule has 0 heteroatoms. The monoisotopic (exact) mass is 116 g/mol. The predicted octanol–water partition coefficient (Wildman–Crippen LogP) is 2.36. The van der Waals surface area contributed by atoms with Crippen LogP contribution in [0.4, 0.5) is 0 Å². The summed E-state index contributed by atoms with van der Waals surface area (Å²) in [7, 11) is 0. The molecule has 0 aliphatic heterocycles. The van der Waals surface area contributed by atoms with Crippen LogP contribution in [0.5, 0.6) is 0 Å². The van der Waals surface area contributed by atoms with Crippen molar-refractivity contribution >= 4 is 0 Å². The molecule has 0 atom stereocenters. The highest BCUT2D eigenvalue weighted by atomic mass is 14.1. The molecule has 0 aromatic carbocycles. The number of rotatable bonds is 0. The van der Waals surface area contributed by atoms with Gasteiger partial charge in [-0.2, -0.15) is 0 Å². The Balaban J connectivity index is 2.48. The van der Waals surface area contributed by atoms with Crippen LogP contribution in [0.1, 0.15) is 12.8 Å². The zero-order chi connectivity index (χ0) is 6.10. The van der Waals surface area contributed by atoms with Gasteiger partial charge in [-0.15, -0.1) is 5.73 Å². The summed E-state index contributed by atoms with van der Waals surface area (Å²) in [6.07, 6.45) is 10.9. The van der Waals surface area contributed by atoms with Crippen molar-refractivity contribution in [1.82, 2.24) is 0 Å². The summed E-state index contributed by atoms with van der Waals surface area (Å²) >= 11 is 0. The first-order valence-electron chi connectivity index (χ1n) is 3.29. The van der Waals surface area contributed by atoms with Gasteiger partial charge in [-0.05, 0) is 24.5 Å². The molecule has 0 spiro atoms. The maximum Gasteiger partial charge on any atom is 0.0193 e. The van der Waals surface area contributed by atoms with Gasteiger partial charge in [-0.1, -0.05) is 18.2 Å². The minimum absolute atomic E-state index is 1.20. The lowest BCUT2D eigenvalue weighted by Gasteiger charge is -2.05. The number of fused-ring (bicyclic) bond motifs is 1. The van der Waals surface area contributed by atoms with Crippen molar-refractivity contribution in [2.45, 2.75) is 12.8 Å². The normalized spacial score (nSPS) is 21.3. The van der Waals surface area contributed by atoms with Crippen molar-refractivity contribution in [3.63, 3.8) is 0 Å². The molecule has 0 fully saturated rings. The van der Waals surface area contributed by atoms with E-state index in [0.29, 0.717) is 0 Å². The van der Waals surface area contributed by atoms with E-state index in [2.05, 4.69) is 24.0 Å². The Hall–Kier alpha value is -1.00. The standard InChI is InChI=1S/C9H8/c1-2-5-9-7-3-6-8(9)4-1/h1,3-4,7H,2,5H2. The van der Waals surface area contributed by atoms with Crippen molar-refractivity contribution in [2.75, 3.05) is 0 Å². The molecule has 0 radical (unpaired) electrons. The molecule has 0 amide bonds. The highest BCUT2D eigenvalue weighted by Gasteiger charge is 2.06. The van der Waals surface area contributed by atoms with Crippen LogP contribution in [-0.4, -0.2) is 0 Å². The summed E-state index contributed by atoms with van der Waals surface area (Å²) in [5.41, 5.74) is 5.92. The fraction of sp³-hybridized carbons (Fsp3) is 0.222. The third kappa shape index (κ3) is 0.684. The van der Waals surface area contributed by atoms with Gasteiger partial charge in [-0.3, -0.25) is 0 Å². The van der Waals surface area contributed by atoms with Gasteiger partial charge in [0, 0.05) is 5.57 Å². The number of hydrogen-bond acceptors (Lipinski definition) is 0. The Morgan fingerprint density at radius 2 is 2.44 bits per heavy atom. The van der Waals surface area contributed by atoms with E-state index in [0.717, 1.165) is 0 Å². The molecular weight excluding hydrogens is 108 g/mol. The van der Waals surface area contributed by atoms with Crippen molar-refractivity contribution < 1.29 is 0 Å². The highest BCUT2D eigenvalue weighted by Crippen LogP contribution is 2.24. The van der Waals surface area contributed by atoms with Gasteiger partial charge < -0.3 is 0 Å². The predicted molar refractivity (Wildman–Crippen MR) is 38.1 cm³/mol. The average Bonchev–Trinajstić information content (AvgIpc) is 2.33. The molecule has 0 nitrogen and oxygen atoms in total. The van der Waals surface area contributed by atoms with Crippen LogP contribution in [0.15, 0.2) is 41.2 Å². The van der Waals surface area contributed by atoms with Gasteiger partial charge >= 0.3 is 0 Å². The minimum Gasteiger partial charge on any atom is -0.113 e. The first kappa shape index (κ1) is 4.84. The molecule has 2 aliphatic carbocycles. The van der Waals surface area contributed by atoms with Gasteiger partial charge in [0.15, 0.2) is 0 Å². The molecule has 0 saturated carbocycles. The van der Waals surface area contributed by atoms with Crippen LogP contribution in [0, 0.1) is 0 Å². The van der Waals surface area contributed by atoms with Crippen LogP contribution in [0.25, 0.3) is 0 Å². The summed E-state index contributed by atoms with van der Waals surface area (Å²) in [5.74, 6) is 0. The van der Waals surface area contributed by atoms with Gasteiger partial charge in [-0.25, -0.2) is 0 Å². The maximum absolute atomic E-state index is 3.17. The van der Waals surface area contributed by atoms with Crippen LogP contribution in [-0.2, 0) is 0 Å². The topological polar surface area (TPSA) is 0 Å². The van der Waals surface area contributed by atoms with E-state index in [1.54, 1.807) is 0 Å². The van der Waals surface area contributed by atoms with E-state index < -0.39 is 0 Å².